The molecule has 0 fully saturated rings. The molecule has 5 aromatic carbocycles. The van der Waals surface area contributed by atoms with Crippen LogP contribution in [0.2, 0.25) is 0 Å². The molecule has 0 spiro atoms. The van der Waals surface area contributed by atoms with Crippen molar-refractivity contribution in [2.24, 2.45) is 11.5 Å². The Morgan fingerprint density at radius 1 is 0.686 bits per heavy atom. The van der Waals surface area contributed by atoms with Crippen LogP contribution in [0.5, 0.6) is 23.0 Å². The van der Waals surface area contributed by atoms with E-state index >= 15 is 0 Å². The predicted molar refractivity (Wildman–Crippen MR) is 356 cm³/mol. The predicted octanol–water partition coefficient (Wildman–Crippen LogP) is 7.98. The number of hydrogen-bond acceptors (Lipinski definition) is 16. The van der Waals surface area contributed by atoms with Gasteiger partial charge >= 0.3 is 76.3 Å². The molecule has 0 aliphatic rings. The van der Waals surface area contributed by atoms with Gasteiger partial charge in [-0.05, 0) is 168 Å². The van der Waals surface area contributed by atoms with E-state index < -0.39 is 23.0 Å². The number of fused-ring (bicyclic) bond motifs is 1. The number of carboxylic acids is 2. The summed E-state index contributed by atoms with van der Waals surface area (Å²) in [6.45, 7) is 12.6. The quantitative estimate of drug-likeness (QED) is 0.0108. The monoisotopic (exact) mass is 1400 g/mol. The normalized spacial score (nSPS) is 9.50. The van der Waals surface area contributed by atoms with Crippen molar-refractivity contribution in [1.29, 1.82) is 0 Å². The molecule has 28 heteroatoms. The van der Waals surface area contributed by atoms with Gasteiger partial charge in [0, 0.05) is 71.5 Å². The number of aromatic nitrogens is 2. The Labute approximate surface area is 578 Å². The second-order valence-electron chi connectivity index (χ2n) is 17.5. The van der Waals surface area contributed by atoms with Crippen LogP contribution in [0.1, 0.15) is 50.0 Å². The first-order valence-electron chi connectivity index (χ1n) is 24.6. The van der Waals surface area contributed by atoms with Crippen molar-refractivity contribution in [3.63, 3.8) is 0 Å². The van der Waals surface area contributed by atoms with E-state index in [0.717, 1.165) is 63.8 Å². The maximum atomic E-state index is 10.9. The van der Waals surface area contributed by atoms with E-state index in [4.69, 9.17) is 57.9 Å². The molecule has 0 radical (unpaired) electrons. The Balaban J connectivity index is -0.000000486. The molecule has 0 bridgehead atoms. The molecule has 0 atom stereocenters. The first-order valence-corrected chi connectivity index (χ1v) is 31.2. The number of nitrogens with two attached hydrogens (primary N) is 4. The van der Waals surface area contributed by atoms with Gasteiger partial charge in [-0.15, -0.1) is 0 Å². The number of nitrogen functional groups attached to an aromatic ring is 1. The Kier molecular flexibility index (Phi) is 43.4. The van der Waals surface area contributed by atoms with Gasteiger partial charge in [0.1, 0.15) is 28.8 Å². The largest absolute Gasteiger partial charge is 1.00 e. The molecule has 0 aliphatic carbocycles. The maximum Gasteiger partial charge on any atom is 1.00 e. The SMILES string of the molecule is CI.COc1cc(C(=O)O)ccc1N.COc1cc(C(=O)O)ccc1N(C)C.COc1cc(C(N)=O)ccc1N(C)C.Cc1ccc(-c2cc3ncccc3c(NCCCN)n2)cc1C.O=P(Cl)(Cl)Cl.[C-]#[N+]c1ccc(N(C)C)c(OC)c1.[H-].[NH2-].[Na+].[Na+]. The number of nitrogens with one attached hydrogen (secondary N) is 1. The van der Waals surface area contributed by atoms with E-state index in [1.807, 2.05) is 92.4 Å². The van der Waals surface area contributed by atoms with E-state index in [-0.39, 0.29) is 77.8 Å². The number of methoxy groups -OCH3 is 4. The number of hydrogen-bond donors (Lipinski definition) is 6. The van der Waals surface area contributed by atoms with Gasteiger partial charge in [0.05, 0.1) is 80.1 Å². The number of nitrogens with zero attached hydrogens (tertiary/aromatic N) is 6. The third-order valence-corrected chi connectivity index (χ3v) is 11.2. The second kappa shape index (κ2) is 44.0. The van der Waals surface area contributed by atoms with E-state index in [1.54, 1.807) is 56.7 Å². The summed E-state index contributed by atoms with van der Waals surface area (Å²) in [5.41, 5.74) is 26.4. The summed E-state index contributed by atoms with van der Waals surface area (Å²) in [7, 11) is 17.6. The number of alkyl halides is 1. The average Bonchev–Trinajstić information content (AvgIpc) is 3.59. The van der Waals surface area contributed by atoms with Crippen LogP contribution in [0.3, 0.4) is 0 Å². The van der Waals surface area contributed by atoms with Crippen molar-refractivity contribution in [1.82, 2.24) is 9.97 Å². The molecule has 2 heterocycles. The van der Waals surface area contributed by atoms with Gasteiger partial charge in [-0.1, -0.05) is 40.8 Å². The molecule has 0 saturated heterocycles. The molecule has 0 aliphatic heterocycles. The van der Waals surface area contributed by atoms with Crippen LogP contribution in [0, 0.1) is 20.4 Å². The van der Waals surface area contributed by atoms with Crippen LogP contribution in [0.15, 0.2) is 115 Å². The van der Waals surface area contributed by atoms with Crippen LogP contribution < -0.4 is 115 Å². The summed E-state index contributed by atoms with van der Waals surface area (Å²) in [5.74, 6) is 0.808. The van der Waals surface area contributed by atoms with Crippen LogP contribution in [0.25, 0.3) is 33.2 Å². The van der Waals surface area contributed by atoms with Crippen LogP contribution in [0.4, 0.5) is 34.3 Å². The van der Waals surface area contributed by atoms with Crippen LogP contribution in [-0.4, -0.2) is 127 Å². The smallest absolute Gasteiger partial charge is 1.00 e. The van der Waals surface area contributed by atoms with E-state index in [0.29, 0.717) is 40.7 Å². The molecule has 7 rings (SSSR count). The van der Waals surface area contributed by atoms with Crippen molar-refractivity contribution >= 4 is 125 Å². The zero-order valence-corrected chi connectivity index (χ0v) is 60.5. The summed E-state index contributed by atoms with van der Waals surface area (Å²) < 4.78 is 29.8. The molecule has 7 aromatic rings. The Hall–Kier alpha value is -5.49. The molecule has 1 amide bonds. The van der Waals surface area contributed by atoms with Gasteiger partial charge in [0.25, 0.3) is 0 Å². The fraction of sp³-hybridized carbons (Fsp3) is 0.276. The van der Waals surface area contributed by atoms with Gasteiger partial charge in [0.15, 0.2) is 5.69 Å². The zero-order valence-electron chi connectivity index (χ0n) is 52.2. The Bertz CT molecular complexity index is 3260. The molecule has 458 valence electrons. The number of amides is 1. The number of aromatic carboxylic acids is 2. The number of pyridine rings is 2. The van der Waals surface area contributed by atoms with Crippen LogP contribution >= 0.6 is 61.5 Å². The van der Waals surface area contributed by atoms with Crippen molar-refractivity contribution in [2.45, 2.75) is 20.3 Å². The molecule has 2 aromatic heterocycles. The number of primary amides is 1. The van der Waals surface area contributed by atoms with E-state index in [9.17, 15) is 18.9 Å². The maximum absolute atomic E-state index is 10.9. The first-order chi connectivity index (χ1) is 39.1. The minimum Gasteiger partial charge on any atom is -1.00 e. The minimum absolute atomic E-state index is 0. The molecule has 0 unspecified atom stereocenters. The molecule has 0 saturated carbocycles. The molecular weight excluding hydrogens is 1320 g/mol. The van der Waals surface area contributed by atoms with Gasteiger partial charge in [-0.3, -0.25) is 14.3 Å². The first kappa shape index (κ1) is 84.7. The van der Waals surface area contributed by atoms with Gasteiger partial charge in [0.2, 0.25) is 5.91 Å². The summed E-state index contributed by atoms with van der Waals surface area (Å²) in [5, 5.41) is 18.6. The van der Waals surface area contributed by atoms with Gasteiger partial charge < -0.3 is 74.0 Å². The topological polar surface area (TPSA) is 309 Å². The number of ether oxygens (including phenoxy) is 4. The minimum atomic E-state index is -3.22. The molecule has 11 N–H and O–H groups in total. The van der Waals surface area contributed by atoms with Gasteiger partial charge in [-0.2, -0.15) is 0 Å². The summed E-state index contributed by atoms with van der Waals surface area (Å²) in [6.07, 6.45) is 2.73. The molecule has 21 nitrogen and oxygen atoms in total. The van der Waals surface area contributed by atoms with Crippen molar-refractivity contribution < 1.29 is 109 Å². The standard InChI is InChI=1S/C19H22N4.C10H14N2O2.C10H12N2O.C10H13NO3.C8H9NO3.CH3I.Cl3OP.H2N.2Na.H/c1-13-6-7-15(11-14(13)2)17-12-18-16(5-3-9-21-18)19(23-17)22-10-4-8-20;1-12(2)8-5-4-7(10(11)13)6-9(8)14-3;1-11-8-5-6-9(12(2)3)10(7-8)13-4;1-11(2)8-5-4-7(10(12)13)6-9(8)14-3;1-12-7-4-5(8(10)11)2-3-6(7)9;1-2;1-5(2,3)4;;;;/h3,5-7,9,11-12H,4,8,10,20H2,1-2H3,(H,22,23);4-6H,1-3H3,(H2,11,13);5-7H,2-4H3;4-6H,1-3H3,(H,12,13);2-4H,9H2,1H3,(H,10,11);1H3;;1H2;;;/q;;;;;;;-1;2*+1;-1. The van der Waals surface area contributed by atoms with Gasteiger partial charge in [-0.25, -0.2) is 19.4 Å². The number of carbonyl (C=O) groups excluding carboxylic acids is 1. The number of aryl methyl sites for hydroxylation is 2. The number of carboxylic acid groups (broad SMARTS) is 2. The number of halogens is 4. The van der Waals surface area contributed by atoms with Crippen molar-refractivity contribution in [2.75, 3.05) is 114 Å². The summed E-state index contributed by atoms with van der Waals surface area (Å²) >= 11 is 16.0. The third-order valence-electron chi connectivity index (χ3n) is 11.2. The fourth-order valence-corrected chi connectivity index (χ4v) is 6.90. The zero-order chi connectivity index (χ0) is 63.1. The average molecular weight is 1400 g/mol. The fourth-order valence-electron chi connectivity index (χ4n) is 6.90. The number of carbonyl (C=O) groups is 3. The van der Waals surface area contributed by atoms with E-state index in [2.05, 4.69) is 104 Å². The Morgan fingerprint density at radius 2 is 1.13 bits per heavy atom. The number of rotatable bonds is 15. The van der Waals surface area contributed by atoms with Crippen molar-refractivity contribution in [3.05, 3.63) is 161 Å². The van der Waals surface area contributed by atoms with E-state index in [1.165, 1.54) is 49.6 Å². The summed E-state index contributed by atoms with van der Waals surface area (Å²) in [4.78, 5) is 52.4. The van der Waals surface area contributed by atoms with Crippen LogP contribution in [-0.2, 0) is 4.57 Å². The summed E-state index contributed by atoms with van der Waals surface area (Å²) in [6, 6.07) is 32.1. The van der Waals surface area contributed by atoms with Crippen molar-refractivity contribution in [3.8, 4) is 34.3 Å². The molecule has 86 heavy (non-hydrogen) atoms. The number of anilines is 5. The Morgan fingerprint density at radius 3 is 1.56 bits per heavy atom. The number of benzene rings is 5. The second-order valence-corrected chi connectivity index (χ2v) is 24.2. The third kappa shape index (κ3) is 29.9. The molecular formula is C58H76Cl3IN11Na2O10P.